The minimum atomic E-state index is -0.472. The van der Waals surface area contributed by atoms with E-state index in [1.807, 2.05) is 12.3 Å². The van der Waals surface area contributed by atoms with Gasteiger partial charge in [0, 0.05) is 16.6 Å². The molecule has 0 aliphatic carbocycles. The van der Waals surface area contributed by atoms with Gasteiger partial charge in [0.15, 0.2) is 4.96 Å². The summed E-state index contributed by atoms with van der Waals surface area (Å²) in [6.07, 6.45) is 0.690. The number of anilines is 1. The summed E-state index contributed by atoms with van der Waals surface area (Å²) in [6, 6.07) is 5.13. The summed E-state index contributed by atoms with van der Waals surface area (Å²) in [5.74, 6) is -0.896. The SMILES string of the molecule is CCc1csc2nc(C)c(NC(=O)c3ccc(F)cc3)c(=O)n12. The Morgan fingerprint density at radius 1 is 1.35 bits per heavy atom. The minimum Gasteiger partial charge on any atom is -0.316 e. The Kier molecular flexibility index (Phi) is 3.96. The van der Waals surface area contributed by atoms with Gasteiger partial charge in [0.25, 0.3) is 11.5 Å². The number of nitrogens with zero attached hydrogens (tertiary/aromatic N) is 2. The predicted molar refractivity (Wildman–Crippen MR) is 87.8 cm³/mol. The van der Waals surface area contributed by atoms with Crippen LogP contribution in [0, 0.1) is 12.7 Å². The molecule has 1 aromatic carbocycles. The molecule has 118 valence electrons. The van der Waals surface area contributed by atoms with Gasteiger partial charge in [0.05, 0.1) is 5.69 Å². The van der Waals surface area contributed by atoms with Crippen molar-refractivity contribution in [3.8, 4) is 0 Å². The van der Waals surface area contributed by atoms with E-state index in [2.05, 4.69) is 10.3 Å². The number of carbonyl (C=O) groups excluding carboxylic acids is 1. The van der Waals surface area contributed by atoms with Crippen molar-refractivity contribution in [1.29, 1.82) is 0 Å². The van der Waals surface area contributed by atoms with Crippen molar-refractivity contribution in [2.75, 3.05) is 5.32 Å². The molecule has 3 aromatic rings. The molecule has 7 heteroatoms. The van der Waals surface area contributed by atoms with Crippen molar-refractivity contribution in [1.82, 2.24) is 9.38 Å². The van der Waals surface area contributed by atoms with Crippen LogP contribution in [0.1, 0.15) is 28.7 Å². The second kappa shape index (κ2) is 5.92. The van der Waals surface area contributed by atoms with Crippen LogP contribution in [0.5, 0.6) is 0 Å². The topological polar surface area (TPSA) is 63.5 Å². The van der Waals surface area contributed by atoms with Gasteiger partial charge in [0.2, 0.25) is 0 Å². The predicted octanol–water partition coefficient (Wildman–Crippen LogP) is 3.02. The molecule has 2 heterocycles. The zero-order chi connectivity index (χ0) is 16.6. The summed E-state index contributed by atoms with van der Waals surface area (Å²) in [6.45, 7) is 3.62. The number of nitrogens with one attached hydrogen (secondary N) is 1. The van der Waals surface area contributed by atoms with Gasteiger partial charge in [-0.3, -0.25) is 14.0 Å². The number of hydrogen-bond donors (Lipinski definition) is 1. The van der Waals surface area contributed by atoms with E-state index in [0.29, 0.717) is 17.1 Å². The summed E-state index contributed by atoms with van der Waals surface area (Å²) in [7, 11) is 0. The Morgan fingerprint density at radius 3 is 2.70 bits per heavy atom. The lowest BCUT2D eigenvalue weighted by Crippen LogP contribution is -2.25. The van der Waals surface area contributed by atoms with Crippen LogP contribution in [-0.2, 0) is 6.42 Å². The average Bonchev–Trinajstić information content (AvgIpc) is 2.94. The van der Waals surface area contributed by atoms with Crippen molar-refractivity contribution >= 4 is 27.9 Å². The van der Waals surface area contributed by atoms with E-state index in [9.17, 15) is 14.0 Å². The first-order chi connectivity index (χ1) is 11.0. The molecule has 1 N–H and O–H groups in total. The van der Waals surface area contributed by atoms with Crippen molar-refractivity contribution in [2.24, 2.45) is 0 Å². The molecule has 0 fully saturated rings. The molecule has 1 amide bonds. The van der Waals surface area contributed by atoms with E-state index in [0.717, 1.165) is 5.69 Å². The third-order valence-electron chi connectivity index (χ3n) is 3.53. The summed E-state index contributed by atoms with van der Waals surface area (Å²) in [5.41, 5.74) is 1.41. The number of fused-ring (bicyclic) bond motifs is 1. The Morgan fingerprint density at radius 2 is 2.04 bits per heavy atom. The maximum Gasteiger partial charge on any atom is 0.282 e. The number of amides is 1. The normalized spacial score (nSPS) is 10.9. The van der Waals surface area contributed by atoms with Crippen LogP contribution < -0.4 is 10.9 Å². The van der Waals surface area contributed by atoms with Crippen LogP contribution in [0.2, 0.25) is 0 Å². The first-order valence-corrected chi connectivity index (χ1v) is 7.96. The van der Waals surface area contributed by atoms with Gasteiger partial charge in [-0.1, -0.05) is 6.92 Å². The Balaban J connectivity index is 2.04. The van der Waals surface area contributed by atoms with Crippen LogP contribution in [-0.4, -0.2) is 15.3 Å². The van der Waals surface area contributed by atoms with Crippen LogP contribution in [0.15, 0.2) is 34.4 Å². The fourth-order valence-electron chi connectivity index (χ4n) is 2.28. The highest BCUT2D eigenvalue weighted by Gasteiger charge is 2.16. The quantitative estimate of drug-likeness (QED) is 0.802. The van der Waals surface area contributed by atoms with E-state index >= 15 is 0 Å². The second-order valence-corrected chi connectivity index (χ2v) is 5.87. The lowest BCUT2D eigenvalue weighted by atomic mass is 10.2. The Hall–Kier alpha value is -2.54. The van der Waals surface area contributed by atoms with E-state index in [4.69, 9.17) is 0 Å². The molecule has 0 bridgehead atoms. The molecule has 0 saturated heterocycles. The Labute approximate surface area is 135 Å². The second-order valence-electron chi connectivity index (χ2n) is 5.04. The van der Waals surface area contributed by atoms with Gasteiger partial charge in [-0.25, -0.2) is 9.37 Å². The van der Waals surface area contributed by atoms with E-state index in [1.54, 1.807) is 6.92 Å². The van der Waals surface area contributed by atoms with Crippen LogP contribution >= 0.6 is 11.3 Å². The maximum atomic E-state index is 12.9. The fraction of sp³-hybridized carbons (Fsp3) is 0.188. The number of thiazole rings is 1. The van der Waals surface area contributed by atoms with Crippen molar-refractivity contribution < 1.29 is 9.18 Å². The molecule has 0 unspecified atom stereocenters. The molecular formula is C16H14FN3O2S. The molecule has 0 spiro atoms. The standard InChI is InChI=1S/C16H14FN3O2S/c1-3-12-8-23-16-18-9(2)13(15(22)20(12)16)19-14(21)10-4-6-11(17)7-5-10/h4-8H,3H2,1-2H3,(H,19,21). The highest BCUT2D eigenvalue weighted by Crippen LogP contribution is 2.17. The highest BCUT2D eigenvalue weighted by atomic mass is 32.1. The van der Waals surface area contributed by atoms with E-state index in [1.165, 1.54) is 40.0 Å². The number of carbonyl (C=O) groups is 1. The molecule has 0 aliphatic rings. The number of halogens is 1. The van der Waals surface area contributed by atoms with Gasteiger partial charge in [-0.15, -0.1) is 11.3 Å². The molecule has 0 aliphatic heterocycles. The van der Waals surface area contributed by atoms with E-state index < -0.39 is 11.7 Å². The lowest BCUT2D eigenvalue weighted by molar-refractivity contribution is 0.102. The first-order valence-electron chi connectivity index (χ1n) is 7.08. The van der Waals surface area contributed by atoms with Gasteiger partial charge in [0.1, 0.15) is 11.5 Å². The summed E-state index contributed by atoms with van der Waals surface area (Å²) < 4.78 is 14.4. The van der Waals surface area contributed by atoms with Crippen LogP contribution in [0.3, 0.4) is 0 Å². The molecule has 0 radical (unpaired) electrons. The molecule has 23 heavy (non-hydrogen) atoms. The summed E-state index contributed by atoms with van der Waals surface area (Å²) in [4.78, 5) is 29.9. The molecule has 5 nitrogen and oxygen atoms in total. The van der Waals surface area contributed by atoms with Gasteiger partial charge in [-0.2, -0.15) is 0 Å². The van der Waals surface area contributed by atoms with Crippen molar-refractivity contribution in [3.63, 3.8) is 0 Å². The summed E-state index contributed by atoms with van der Waals surface area (Å²) in [5, 5.41) is 4.48. The fourth-order valence-corrected chi connectivity index (χ4v) is 3.29. The highest BCUT2D eigenvalue weighted by molar-refractivity contribution is 7.15. The number of rotatable bonds is 3. The minimum absolute atomic E-state index is 0.143. The van der Waals surface area contributed by atoms with Crippen molar-refractivity contribution in [2.45, 2.75) is 20.3 Å². The first kappa shape index (κ1) is 15.4. The smallest absolute Gasteiger partial charge is 0.282 e. The Bertz CT molecular complexity index is 944. The molecule has 3 rings (SSSR count). The zero-order valence-electron chi connectivity index (χ0n) is 12.6. The average molecular weight is 331 g/mol. The molecular weight excluding hydrogens is 317 g/mol. The van der Waals surface area contributed by atoms with Gasteiger partial charge >= 0.3 is 0 Å². The molecule has 0 saturated carbocycles. The zero-order valence-corrected chi connectivity index (χ0v) is 13.4. The number of aromatic nitrogens is 2. The van der Waals surface area contributed by atoms with Crippen molar-refractivity contribution in [3.05, 3.63) is 62.8 Å². The third-order valence-corrected chi connectivity index (χ3v) is 4.40. The van der Waals surface area contributed by atoms with Crippen LogP contribution in [0.4, 0.5) is 10.1 Å². The third kappa shape index (κ3) is 2.75. The molecule has 0 atom stereocenters. The number of benzene rings is 1. The van der Waals surface area contributed by atoms with E-state index in [-0.39, 0.29) is 16.8 Å². The summed E-state index contributed by atoms with van der Waals surface area (Å²) >= 11 is 1.39. The van der Waals surface area contributed by atoms with Gasteiger partial charge in [-0.05, 0) is 37.6 Å². The number of hydrogen-bond acceptors (Lipinski definition) is 4. The largest absolute Gasteiger partial charge is 0.316 e. The lowest BCUT2D eigenvalue weighted by Gasteiger charge is -2.08. The monoisotopic (exact) mass is 331 g/mol. The number of aryl methyl sites for hydroxylation is 2. The maximum absolute atomic E-state index is 12.9. The van der Waals surface area contributed by atoms with Gasteiger partial charge < -0.3 is 5.32 Å². The molecule has 2 aromatic heterocycles. The van der Waals surface area contributed by atoms with Crippen LogP contribution in [0.25, 0.3) is 4.96 Å².